The van der Waals surface area contributed by atoms with E-state index in [1.807, 2.05) is 0 Å². The SMILES string of the molecule is CCCCCCCCCCCCCCc1c(C(F)(F)F)oc(N(C)C)nc1=O. The van der Waals surface area contributed by atoms with Crippen LogP contribution in [0.5, 0.6) is 0 Å². The molecule has 0 saturated heterocycles. The zero-order valence-electron chi connectivity index (χ0n) is 17.5. The van der Waals surface area contributed by atoms with Crippen molar-refractivity contribution in [2.45, 2.75) is 96.6 Å². The summed E-state index contributed by atoms with van der Waals surface area (Å²) in [6.45, 7) is 2.21. The van der Waals surface area contributed by atoms with Crippen molar-refractivity contribution in [2.75, 3.05) is 19.0 Å². The molecule has 0 unspecified atom stereocenters. The Hall–Kier alpha value is -1.53. The summed E-state index contributed by atoms with van der Waals surface area (Å²) in [5, 5.41) is 0. The minimum absolute atomic E-state index is 0.0509. The van der Waals surface area contributed by atoms with Gasteiger partial charge < -0.3 is 9.32 Å². The minimum Gasteiger partial charge on any atom is -0.420 e. The predicted molar refractivity (Wildman–Crippen MR) is 107 cm³/mol. The molecule has 0 fully saturated rings. The third-order valence-corrected chi connectivity index (χ3v) is 4.84. The van der Waals surface area contributed by atoms with Gasteiger partial charge in [-0.1, -0.05) is 77.6 Å². The number of hydrogen-bond acceptors (Lipinski definition) is 4. The molecule has 0 bridgehead atoms. The largest absolute Gasteiger partial charge is 0.450 e. The number of halogens is 3. The Bertz CT molecular complexity index is 613. The highest BCUT2D eigenvalue weighted by atomic mass is 19.4. The Morgan fingerprint density at radius 2 is 1.32 bits per heavy atom. The van der Waals surface area contributed by atoms with Gasteiger partial charge in [0, 0.05) is 14.1 Å². The molecule has 0 radical (unpaired) electrons. The van der Waals surface area contributed by atoms with Gasteiger partial charge in [-0.05, 0) is 12.8 Å². The summed E-state index contributed by atoms with van der Waals surface area (Å²) >= 11 is 0. The predicted octanol–water partition coefficient (Wildman–Crippen LogP) is 6.36. The molecule has 1 aromatic heterocycles. The molecule has 1 rings (SSSR count). The van der Waals surface area contributed by atoms with Crippen molar-refractivity contribution in [1.29, 1.82) is 0 Å². The van der Waals surface area contributed by atoms with E-state index in [0.717, 1.165) is 19.3 Å². The van der Waals surface area contributed by atoms with Crippen molar-refractivity contribution < 1.29 is 17.6 Å². The van der Waals surface area contributed by atoms with E-state index in [0.29, 0.717) is 6.42 Å². The third-order valence-electron chi connectivity index (χ3n) is 4.84. The normalized spacial score (nSPS) is 11.8. The highest BCUT2D eigenvalue weighted by Crippen LogP contribution is 2.33. The number of alkyl halides is 3. The molecule has 0 saturated carbocycles. The first-order valence-corrected chi connectivity index (χ1v) is 10.6. The van der Waals surface area contributed by atoms with Crippen LogP contribution in [0, 0.1) is 0 Å². The molecule has 162 valence electrons. The van der Waals surface area contributed by atoms with E-state index in [4.69, 9.17) is 4.42 Å². The van der Waals surface area contributed by atoms with Crippen LogP contribution in [0.25, 0.3) is 0 Å². The maximum Gasteiger partial charge on any atom is 0.450 e. The van der Waals surface area contributed by atoms with Crippen LogP contribution in [0.15, 0.2) is 9.21 Å². The van der Waals surface area contributed by atoms with Gasteiger partial charge in [0.1, 0.15) is 0 Å². The zero-order valence-corrected chi connectivity index (χ0v) is 17.5. The fraction of sp³-hybridized carbons (Fsp3) is 0.810. The molecule has 4 nitrogen and oxygen atoms in total. The Labute approximate surface area is 166 Å². The molecule has 0 aliphatic rings. The van der Waals surface area contributed by atoms with Gasteiger partial charge in [0.05, 0.1) is 5.56 Å². The second kappa shape index (κ2) is 12.8. The summed E-state index contributed by atoms with van der Waals surface area (Å²) in [6.07, 6.45) is 8.96. The van der Waals surface area contributed by atoms with E-state index in [-0.39, 0.29) is 18.0 Å². The summed E-state index contributed by atoms with van der Waals surface area (Å²) < 4.78 is 44.6. The minimum atomic E-state index is -4.70. The van der Waals surface area contributed by atoms with E-state index < -0.39 is 17.5 Å². The van der Waals surface area contributed by atoms with Gasteiger partial charge in [0.25, 0.3) is 5.56 Å². The quantitative estimate of drug-likeness (QED) is 0.338. The molecule has 0 aliphatic carbocycles. The van der Waals surface area contributed by atoms with E-state index in [2.05, 4.69) is 11.9 Å². The second-order valence-electron chi connectivity index (χ2n) is 7.64. The summed E-state index contributed by atoms with van der Waals surface area (Å²) in [4.78, 5) is 16.9. The summed E-state index contributed by atoms with van der Waals surface area (Å²) in [7, 11) is 2.96. The van der Waals surface area contributed by atoms with Crippen LogP contribution in [0.4, 0.5) is 19.2 Å². The molecule has 0 aliphatic heterocycles. The number of rotatable bonds is 14. The molecule has 0 N–H and O–H groups in total. The number of aromatic nitrogens is 1. The average molecular weight is 405 g/mol. The smallest absolute Gasteiger partial charge is 0.420 e. The van der Waals surface area contributed by atoms with Gasteiger partial charge >= 0.3 is 12.2 Å². The molecule has 0 aromatic carbocycles. The van der Waals surface area contributed by atoms with Crippen LogP contribution in [-0.2, 0) is 12.6 Å². The van der Waals surface area contributed by atoms with Crippen molar-refractivity contribution in [3.8, 4) is 0 Å². The van der Waals surface area contributed by atoms with Crippen LogP contribution in [0.2, 0.25) is 0 Å². The number of anilines is 1. The number of unbranched alkanes of at least 4 members (excludes halogenated alkanes) is 11. The van der Waals surface area contributed by atoms with Crippen molar-refractivity contribution in [1.82, 2.24) is 4.98 Å². The van der Waals surface area contributed by atoms with E-state index in [9.17, 15) is 18.0 Å². The van der Waals surface area contributed by atoms with Gasteiger partial charge in [-0.3, -0.25) is 4.79 Å². The van der Waals surface area contributed by atoms with Crippen LogP contribution in [0.1, 0.15) is 95.3 Å². The zero-order chi connectivity index (χ0) is 21.0. The molecule has 0 spiro atoms. The topological polar surface area (TPSA) is 46.3 Å². The van der Waals surface area contributed by atoms with Gasteiger partial charge in [0.2, 0.25) is 5.76 Å². The molecular formula is C21H35F3N2O2. The second-order valence-corrected chi connectivity index (χ2v) is 7.64. The average Bonchev–Trinajstić information content (AvgIpc) is 2.62. The monoisotopic (exact) mass is 404 g/mol. The highest BCUT2D eigenvalue weighted by Gasteiger charge is 2.39. The van der Waals surface area contributed by atoms with Gasteiger partial charge in [-0.2, -0.15) is 18.2 Å². The molecule has 0 atom stereocenters. The molecule has 1 aromatic rings. The lowest BCUT2D eigenvalue weighted by Gasteiger charge is -2.15. The Morgan fingerprint density at radius 3 is 1.75 bits per heavy atom. The first-order valence-electron chi connectivity index (χ1n) is 10.6. The fourth-order valence-electron chi connectivity index (χ4n) is 3.21. The maximum atomic E-state index is 13.2. The highest BCUT2D eigenvalue weighted by molar-refractivity contribution is 5.27. The first-order chi connectivity index (χ1) is 13.3. The van der Waals surface area contributed by atoms with Crippen molar-refractivity contribution in [2.24, 2.45) is 0 Å². The van der Waals surface area contributed by atoms with E-state index >= 15 is 0 Å². The van der Waals surface area contributed by atoms with Gasteiger partial charge in [0.15, 0.2) is 0 Å². The Kier molecular flexibility index (Phi) is 11.2. The molecule has 0 amide bonds. The lowest BCUT2D eigenvalue weighted by Crippen LogP contribution is -2.24. The molecule has 7 heteroatoms. The van der Waals surface area contributed by atoms with Crippen LogP contribution >= 0.6 is 0 Å². The van der Waals surface area contributed by atoms with Gasteiger partial charge in [-0.25, -0.2) is 0 Å². The lowest BCUT2D eigenvalue weighted by molar-refractivity contribution is -0.154. The van der Waals surface area contributed by atoms with Crippen molar-refractivity contribution in [3.63, 3.8) is 0 Å². The fourth-order valence-corrected chi connectivity index (χ4v) is 3.21. The summed E-state index contributed by atoms with van der Waals surface area (Å²) in [5.74, 6) is -1.21. The van der Waals surface area contributed by atoms with Crippen molar-refractivity contribution in [3.05, 3.63) is 21.7 Å². The Morgan fingerprint density at radius 1 is 0.857 bits per heavy atom. The van der Waals surface area contributed by atoms with Crippen LogP contribution in [0.3, 0.4) is 0 Å². The Balaban J connectivity index is 2.35. The maximum absolute atomic E-state index is 13.2. The van der Waals surface area contributed by atoms with E-state index in [1.165, 1.54) is 70.4 Å². The number of hydrogen-bond donors (Lipinski definition) is 0. The third kappa shape index (κ3) is 9.11. The summed E-state index contributed by atoms with van der Waals surface area (Å²) in [5.41, 5.74) is -1.20. The van der Waals surface area contributed by atoms with Crippen LogP contribution in [-0.4, -0.2) is 19.1 Å². The standard InChI is InChI=1S/C21H35F3N2O2/c1-4-5-6-7-8-9-10-11-12-13-14-15-16-17-18(21(22,23)24)28-20(26(2)3)25-19(17)27/h4-16H2,1-3H3. The van der Waals surface area contributed by atoms with Crippen LogP contribution < -0.4 is 10.5 Å². The summed E-state index contributed by atoms with van der Waals surface area (Å²) in [6, 6.07) is -0.323. The first kappa shape index (κ1) is 24.5. The number of nitrogens with zero attached hydrogens (tertiary/aromatic N) is 2. The lowest BCUT2D eigenvalue weighted by atomic mass is 10.0. The molecular weight excluding hydrogens is 369 g/mol. The molecule has 1 heterocycles. The van der Waals surface area contributed by atoms with Gasteiger partial charge in [-0.15, -0.1) is 0 Å². The molecule has 28 heavy (non-hydrogen) atoms. The van der Waals surface area contributed by atoms with E-state index in [1.54, 1.807) is 0 Å². The van der Waals surface area contributed by atoms with Crippen molar-refractivity contribution >= 4 is 6.01 Å².